The molecule has 0 spiro atoms. The number of hydrogen-bond donors (Lipinski definition) is 0. The van der Waals surface area contributed by atoms with Crippen LogP contribution in [0.3, 0.4) is 0 Å². The average Bonchev–Trinajstić information content (AvgIpc) is 2.17. The molecular formula is C11H9NO. The maximum Gasteiger partial charge on any atom is 0.152 e. The van der Waals surface area contributed by atoms with E-state index in [9.17, 15) is 4.79 Å². The van der Waals surface area contributed by atoms with Gasteiger partial charge in [-0.05, 0) is 19.1 Å². The van der Waals surface area contributed by atoms with Gasteiger partial charge in [0.2, 0.25) is 0 Å². The SMILES string of the molecule is Cc1ccc2cccc(C=O)c2n1. The van der Waals surface area contributed by atoms with Crippen LogP contribution in [0.4, 0.5) is 0 Å². The Labute approximate surface area is 76.2 Å². The molecule has 0 unspecified atom stereocenters. The van der Waals surface area contributed by atoms with Crippen molar-refractivity contribution in [3.63, 3.8) is 0 Å². The molecule has 1 aromatic heterocycles. The fourth-order valence-electron chi connectivity index (χ4n) is 1.36. The van der Waals surface area contributed by atoms with Gasteiger partial charge >= 0.3 is 0 Å². The van der Waals surface area contributed by atoms with Gasteiger partial charge in [0.15, 0.2) is 6.29 Å². The Morgan fingerprint density at radius 3 is 2.85 bits per heavy atom. The van der Waals surface area contributed by atoms with Crippen molar-refractivity contribution in [3.05, 3.63) is 41.6 Å². The number of carbonyl (C=O) groups is 1. The third-order valence-electron chi connectivity index (χ3n) is 2.02. The number of benzene rings is 1. The second-order valence-corrected chi connectivity index (χ2v) is 2.99. The summed E-state index contributed by atoms with van der Waals surface area (Å²) >= 11 is 0. The lowest BCUT2D eigenvalue weighted by molar-refractivity contribution is 0.112. The predicted octanol–water partition coefficient (Wildman–Crippen LogP) is 2.36. The molecule has 0 amide bonds. The van der Waals surface area contributed by atoms with E-state index in [2.05, 4.69) is 4.98 Å². The van der Waals surface area contributed by atoms with E-state index >= 15 is 0 Å². The molecule has 2 heteroatoms. The van der Waals surface area contributed by atoms with Crippen LogP contribution in [0.2, 0.25) is 0 Å². The fourth-order valence-corrected chi connectivity index (χ4v) is 1.36. The zero-order valence-corrected chi connectivity index (χ0v) is 7.32. The van der Waals surface area contributed by atoms with Gasteiger partial charge in [0.1, 0.15) is 0 Å². The van der Waals surface area contributed by atoms with Crippen molar-refractivity contribution in [2.45, 2.75) is 6.92 Å². The highest BCUT2D eigenvalue weighted by Gasteiger charge is 2.00. The van der Waals surface area contributed by atoms with Gasteiger partial charge in [0.05, 0.1) is 5.52 Å². The number of rotatable bonds is 1. The number of fused-ring (bicyclic) bond motifs is 1. The summed E-state index contributed by atoms with van der Waals surface area (Å²) in [5.41, 5.74) is 2.38. The predicted molar refractivity (Wildman–Crippen MR) is 51.9 cm³/mol. The van der Waals surface area contributed by atoms with Crippen LogP contribution in [0.15, 0.2) is 30.3 Å². The van der Waals surface area contributed by atoms with E-state index in [0.717, 1.165) is 22.9 Å². The second-order valence-electron chi connectivity index (χ2n) is 2.99. The lowest BCUT2D eigenvalue weighted by atomic mass is 10.1. The van der Waals surface area contributed by atoms with Gasteiger partial charge in [0.25, 0.3) is 0 Å². The molecule has 2 nitrogen and oxygen atoms in total. The quantitative estimate of drug-likeness (QED) is 0.616. The van der Waals surface area contributed by atoms with Crippen molar-refractivity contribution in [3.8, 4) is 0 Å². The first-order valence-corrected chi connectivity index (χ1v) is 4.13. The first kappa shape index (κ1) is 7.92. The van der Waals surface area contributed by atoms with E-state index in [1.54, 1.807) is 6.07 Å². The molecule has 0 aliphatic carbocycles. The maximum absolute atomic E-state index is 10.7. The van der Waals surface area contributed by atoms with Gasteiger partial charge in [0, 0.05) is 16.6 Å². The Bertz CT molecular complexity index is 463. The molecule has 0 aliphatic heterocycles. The molecule has 0 fully saturated rings. The Morgan fingerprint density at radius 1 is 1.23 bits per heavy atom. The van der Waals surface area contributed by atoms with Crippen LogP contribution in [0.25, 0.3) is 10.9 Å². The van der Waals surface area contributed by atoms with Crippen LogP contribution >= 0.6 is 0 Å². The monoisotopic (exact) mass is 171 g/mol. The largest absolute Gasteiger partial charge is 0.298 e. The third kappa shape index (κ3) is 1.31. The summed E-state index contributed by atoms with van der Waals surface area (Å²) < 4.78 is 0. The first-order chi connectivity index (χ1) is 6.31. The standard InChI is InChI=1S/C11H9NO/c1-8-5-6-9-3-2-4-10(7-13)11(9)12-8/h2-7H,1H3. The van der Waals surface area contributed by atoms with Gasteiger partial charge in [-0.15, -0.1) is 0 Å². The highest BCUT2D eigenvalue weighted by molar-refractivity contribution is 5.95. The number of hydrogen-bond acceptors (Lipinski definition) is 2. The van der Waals surface area contributed by atoms with E-state index in [1.165, 1.54) is 0 Å². The zero-order chi connectivity index (χ0) is 9.26. The van der Waals surface area contributed by atoms with Crippen molar-refractivity contribution in [2.75, 3.05) is 0 Å². The number of aldehydes is 1. The summed E-state index contributed by atoms with van der Waals surface area (Å²) in [4.78, 5) is 15.0. The van der Waals surface area contributed by atoms with E-state index in [1.807, 2.05) is 31.2 Å². The molecule has 0 radical (unpaired) electrons. The van der Waals surface area contributed by atoms with Crippen molar-refractivity contribution in [2.24, 2.45) is 0 Å². The Kier molecular flexibility index (Phi) is 1.81. The zero-order valence-electron chi connectivity index (χ0n) is 7.32. The number of aromatic nitrogens is 1. The van der Waals surface area contributed by atoms with E-state index in [0.29, 0.717) is 5.56 Å². The second kappa shape index (κ2) is 2.98. The molecule has 0 atom stereocenters. The maximum atomic E-state index is 10.7. The van der Waals surface area contributed by atoms with E-state index < -0.39 is 0 Å². The van der Waals surface area contributed by atoms with Crippen LogP contribution in [-0.4, -0.2) is 11.3 Å². The number of nitrogens with zero attached hydrogens (tertiary/aromatic N) is 1. The Hall–Kier alpha value is -1.70. The van der Waals surface area contributed by atoms with Gasteiger partial charge in [-0.25, -0.2) is 0 Å². The highest BCUT2D eigenvalue weighted by Crippen LogP contribution is 2.15. The molecule has 64 valence electrons. The van der Waals surface area contributed by atoms with Crippen LogP contribution in [0.1, 0.15) is 16.1 Å². The molecule has 13 heavy (non-hydrogen) atoms. The molecule has 0 aliphatic rings. The van der Waals surface area contributed by atoms with Crippen LogP contribution in [0, 0.1) is 6.92 Å². The normalized spacial score (nSPS) is 10.2. The number of para-hydroxylation sites is 1. The van der Waals surface area contributed by atoms with Gasteiger partial charge in [-0.2, -0.15) is 0 Å². The van der Waals surface area contributed by atoms with Crippen molar-refractivity contribution >= 4 is 17.2 Å². The van der Waals surface area contributed by atoms with Crippen molar-refractivity contribution in [1.29, 1.82) is 0 Å². The van der Waals surface area contributed by atoms with Crippen LogP contribution < -0.4 is 0 Å². The molecule has 1 heterocycles. The number of carbonyl (C=O) groups excluding carboxylic acids is 1. The molecule has 0 saturated heterocycles. The number of pyridine rings is 1. The third-order valence-corrected chi connectivity index (χ3v) is 2.02. The van der Waals surface area contributed by atoms with Crippen LogP contribution in [0.5, 0.6) is 0 Å². The topological polar surface area (TPSA) is 30.0 Å². The van der Waals surface area contributed by atoms with E-state index in [-0.39, 0.29) is 0 Å². The fraction of sp³-hybridized carbons (Fsp3) is 0.0909. The Balaban J connectivity index is 2.86. The van der Waals surface area contributed by atoms with Crippen LogP contribution in [-0.2, 0) is 0 Å². The molecule has 0 saturated carbocycles. The Morgan fingerprint density at radius 2 is 2.08 bits per heavy atom. The number of aryl methyl sites for hydroxylation is 1. The minimum Gasteiger partial charge on any atom is -0.298 e. The van der Waals surface area contributed by atoms with E-state index in [4.69, 9.17) is 0 Å². The summed E-state index contributed by atoms with van der Waals surface area (Å²) in [6, 6.07) is 9.52. The minimum atomic E-state index is 0.654. The summed E-state index contributed by atoms with van der Waals surface area (Å²) in [7, 11) is 0. The lowest BCUT2D eigenvalue weighted by Gasteiger charge is -2.00. The minimum absolute atomic E-state index is 0.654. The molecule has 1 aromatic carbocycles. The molecule has 0 bridgehead atoms. The first-order valence-electron chi connectivity index (χ1n) is 4.13. The highest BCUT2D eigenvalue weighted by atomic mass is 16.1. The van der Waals surface area contributed by atoms with Crippen molar-refractivity contribution in [1.82, 2.24) is 4.98 Å². The summed E-state index contributed by atoms with van der Waals surface area (Å²) in [6.45, 7) is 1.92. The molecular weight excluding hydrogens is 162 g/mol. The molecule has 2 aromatic rings. The van der Waals surface area contributed by atoms with Gasteiger partial charge in [-0.1, -0.05) is 18.2 Å². The summed E-state index contributed by atoms with van der Waals surface area (Å²) in [5, 5.41) is 1.01. The van der Waals surface area contributed by atoms with Gasteiger partial charge < -0.3 is 0 Å². The summed E-state index contributed by atoms with van der Waals surface area (Å²) in [6.07, 6.45) is 0.842. The smallest absolute Gasteiger partial charge is 0.152 e. The summed E-state index contributed by atoms with van der Waals surface area (Å²) in [5.74, 6) is 0. The lowest BCUT2D eigenvalue weighted by Crippen LogP contribution is -1.88. The molecule has 2 rings (SSSR count). The van der Waals surface area contributed by atoms with Crippen molar-refractivity contribution < 1.29 is 4.79 Å². The van der Waals surface area contributed by atoms with Gasteiger partial charge in [-0.3, -0.25) is 9.78 Å². The average molecular weight is 171 g/mol. The molecule has 0 N–H and O–H groups in total.